The maximum Gasteiger partial charge on any atom is 0.328 e. The van der Waals surface area contributed by atoms with Crippen LogP contribution in [0.4, 0.5) is 0 Å². The lowest BCUT2D eigenvalue weighted by Gasteiger charge is -2.30. The summed E-state index contributed by atoms with van der Waals surface area (Å²) in [5.74, 6) is -12.8. The van der Waals surface area contributed by atoms with Crippen molar-refractivity contribution in [3.63, 3.8) is 0 Å². The molecular formula is C46H72N10O19. The molecule has 29 heteroatoms. The van der Waals surface area contributed by atoms with Crippen LogP contribution in [0.1, 0.15) is 71.8 Å². The molecule has 420 valence electrons. The molecule has 0 spiro atoms. The highest BCUT2D eigenvalue weighted by Crippen LogP contribution is 2.20. The van der Waals surface area contributed by atoms with Crippen LogP contribution in [-0.4, -0.2) is 211 Å². The number of hydrogen-bond acceptors (Lipinski definition) is 18. The molecule has 1 aromatic carbocycles. The smallest absolute Gasteiger partial charge is 0.328 e. The van der Waals surface area contributed by atoms with E-state index in [1.54, 1.807) is 27.7 Å². The summed E-state index contributed by atoms with van der Waals surface area (Å²) in [7, 11) is 0. The Morgan fingerprint density at radius 1 is 0.547 bits per heavy atom. The minimum atomic E-state index is -1.79. The standard InChI is InChI=1S/C46H72N10O19/c1-22(2)14-28(39(67)48-27(11-12-36(63)64)38(66)55-34(21-61)46(74)75)49-40(68)29(15-23(3)4)50-43(71)32(19-59)53-44(72)35-6-5-13-56(35)45(73)33(20-60)54-41(69)30(16-24-7-9-25(62)10-8-24)51-42(70)31(18-58)52-37(65)26(47)17-57/h7-10,22-23,26-35,57-62H,5-6,11-21,47H2,1-4H3,(H,48,67)(H,49,68)(H,50,71)(H,51,70)(H,52,65)(H,53,72)(H,54,69)(H,55,66)(H,63,64)(H,74,75)/t26-,27-,28-,29-,30-,31-,32-,33-,34-,35-/m0/s1. The van der Waals surface area contributed by atoms with Gasteiger partial charge in [0.1, 0.15) is 66.2 Å². The Morgan fingerprint density at radius 2 is 0.960 bits per heavy atom. The molecule has 0 saturated carbocycles. The van der Waals surface area contributed by atoms with E-state index < -0.39 is 171 Å². The molecule has 1 heterocycles. The first-order valence-electron chi connectivity index (χ1n) is 24.1. The van der Waals surface area contributed by atoms with Gasteiger partial charge in [0.15, 0.2) is 0 Å². The summed E-state index contributed by atoms with van der Waals surface area (Å²) in [5, 5.41) is 95.9. The number of likely N-dealkylation sites (tertiary alicyclic amines) is 1. The van der Waals surface area contributed by atoms with Crippen LogP contribution in [0, 0.1) is 11.8 Å². The molecule has 1 aliphatic rings. The third kappa shape index (κ3) is 21.0. The lowest BCUT2D eigenvalue weighted by Crippen LogP contribution is -2.61. The van der Waals surface area contributed by atoms with Crippen LogP contribution in [-0.2, 0) is 59.2 Å². The highest BCUT2D eigenvalue weighted by molar-refractivity contribution is 5.99. The van der Waals surface area contributed by atoms with E-state index in [9.17, 15) is 93.6 Å². The highest BCUT2D eigenvalue weighted by atomic mass is 16.4. The van der Waals surface area contributed by atoms with Gasteiger partial charge >= 0.3 is 11.9 Å². The highest BCUT2D eigenvalue weighted by Gasteiger charge is 2.40. The summed E-state index contributed by atoms with van der Waals surface area (Å²) < 4.78 is 0. The van der Waals surface area contributed by atoms with Crippen LogP contribution in [0.25, 0.3) is 0 Å². The van der Waals surface area contributed by atoms with E-state index in [-0.39, 0.29) is 56.2 Å². The van der Waals surface area contributed by atoms with Gasteiger partial charge < -0.3 is 94.0 Å². The fourth-order valence-corrected chi connectivity index (χ4v) is 7.55. The number of aliphatic hydroxyl groups excluding tert-OH is 5. The third-order valence-electron chi connectivity index (χ3n) is 11.6. The number of carboxylic acid groups (broad SMARTS) is 2. The number of amides is 9. The lowest BCUT2D eigenvalue weighted by atomic mass is 9.99. The maximum absolute atomic E-state index is 13.9. The van der Waals surface area contributed by atoms with Gasteiger partial charge in [0.05, 0.1) is 33.0 Å². The number of nitrogens with zero attached hydrogens (tertiary/aromatic N) is 1. The molecule has 0 aromatic heterocycles. The Hall–Kier alpha value is -7.05. The molecule has 75 heavy (non-hydrogen) atoms. The molecule has 18 N–H and O–H groups in total. The molecular weight excluding hydrogens is 997 g/mol. The molecule has 1 saturated heterocycles. The molecule has 0 aliphatic carbocycles. The van der Waals surface area contributed by atoms with E-state index in [1.807, 2.05) is 5.32 Å². The minimum Gasteiger partial charge on any atom is -0.508 e. The number of carboxylic acids is 2. The van der Waals surface area contributed by atoms with Gasteiger partial charge in [0.2, 0.25) is 53.2 Å². The zero-order chi connectivity index (χ0) is 56.7. The van der Waals surface area contributed by atoms with Gasteiger partial charge in [-0.2, -0.15) is 0 Å². The number of aliphatic hydroxyl groups is 5. The van der Waals surface area contributed by atoms with Gasteiger partial charge in [0, 0.05) is 19.4 Å². The topological polar surface area (TPSA) is 475 Å². The van der Waals surface area contributed by atoms with Crippen LogP contribution in [0.2, 0.25) is 0 Å². The average molecular weight is 1070 g/mol. The first-order chi connectivity index (χ1) is 35.3. The summed E-state index contributed by atoms with van der Waals surface area (Å²) in [6, 6.07) is -10.3. The molecule has 0 radical (unpaired) electrons. The second-order valence-electron chi connectivity index (χ2n) is 18.6. The second-order valence-corrected chi connectivity index (χ2v) is 18.6. The number of nitrogens with two attached hydrogens (primary N) is 1. The van der Waals surface area contributed by atoms with Crippen LogP contribution < -0.4 is 48.3 Å². The van der Waals surface area contributed by atoms with Gasteiger partial charge in [-0.05, 0) is 61.6 Å². The average Bonchev–Trinajstić information content (AvgIpc) is 3.86. The number of hydrogen-bond donors (Lipinski definition) is 17. The summed E-state index contributed by atoms with van der Waals surface area (Å²) in [4.78, 5) is 145. The predicted octanol–water partition coefficient (Wildman–Crippen LogP) is -6.87. The molecule has 9 amide bonds. The van der Waals surface area contributed by atoms with Crippen molar-refractivity contribution in [2.24, 2.45) is 17.6 Å². The Kier molecular flexibility index (Phi) is 27.0. The van der Waals surface area contributed by atoms with E-state index in [4.69, 9.17) is 5.73 Å². The quantitative estimate of drug-likeness (QED) is 0.0319. The second kappa shape index (κ2) is 31.6. The van der Waals surface area contributed by atoms with Crippen molar-refractivity contribution in [2.45, 2.75) is 133 Å². The number of phenols is 1. The zero-order valence-electron chi connectivity index (χ0n) is 42.0. The van der Waals surface area contributed by atoms with Crippen LogP contribution in [0.5, 0.6) is 5.75 Å². The van der Waals surface area contributed by atoms with E-state index >= 15 is 0 Å². The van der Waals surface area contributed by atoms with Crippen molar-refractivity contribution in [1.82, 2.24) is 47.4 Å². The Bertz CT molecular complexity index is 2150. The van der Waals surface area contributed by atoms with Crippen molar-refractivity contribution in [2.75, 3.05) is 39.6 Å². The van der Waals surface area contributed by atoms with E-state index in [0.717, 1.165) is 4.90 Å². The fourth-order valence-electron chi connectivity index (χ4n) is 7.55. The molecule has 1 aliphatic heterocycles. The van der Waals surface area contributed by atoms with Crippen LogP contribution in [0.15, 0.2) is 24.3 Å². The Balaban J connectivity index is 2.29. The fraction of sp³-hybridized carbons (Fsp3) is 0.630. The van der Waals surface area contributed by atoms with Crippen molar-refractivity contribution in [3.8, 4) is 5.75 Å². The summed E-state index contributed by atoms with van der Waals surface area (Å²) in [6.07, 6.45) is -1.33. The number of carbonyl (C=O) groups is 11. The number of rotatable bonds is 32. The Labute approximate surface area is 431 Å². The maximum atomic E-state index is 13.9. The molecule has 10 atom stereocenters. The van der Waals surface area contributed by atoms with Crippen molar-refractivity contribution < 1.29 is 93.6 Å². The van der Waals surface area contributed by atoms with Gasteiger partial charge in [-0.15, -0.1) is 0 Å². The first-order valence-corrected chi connectivity index (χ1v) is 24.1. The molecule has 2 rings (SSSR count). The predicted molar refractivity (Wildman–Crippen MR) is 259 cm³/mol. The Morgan fingerprint density at radius 3 is 1.43 bits per heavy atom. The molecule has 0 bridgehead atoms. The van der Waals surface area contributed by atoms with Gasteiger partial charge in [0.25, 0.3) is 0 Å². The summed E-state index contributed by atoms with van der Waals surface area (Å²) in [6.45, 7) is 1.87. The van der Waals surface area contributed by atoms with Crippen molar-refractivity contribution in [3.05, 3.63) is 29.8 Å². The summed E-state index contributed by atoms with van der Waals surface area (Å²) >= 11 is 0. The summed E-state index contributed by atoms with van der Waals surface area (Å²) in [5.41, 5.74) is 5.87. The van der Waals surface area contributed by atoms with E-state index in [0.29, 0.717) is 5.56 Å². The third-order valence-corrected chi connectivity index (χ3v) is 11.6. The molecule has 0 unspecified atom stereocenters. The minimum absolute atomic E-state index is 0.00919. The number of phenolic OH excluding ortho intramolecular Hbond substituents is 1. The van der Waals surface area contributed by atoms with Crippen LogP contribution in [0.3, 0.4) is 0 Å². The molecule has 1 aromatic rings. The first kappa shape index (κ1) is 64.1. The van der Waals surface area contributed by atoms with Gasteiger partial charge in [-0.25, -0.2) is 4.79 Å². The normalized spacial score (nSPS) is 16.9. The van der Waals surface area contributed by atoms with Crippen molar-refractivity contribution in [1.29, 1.82) is 0 Å². The monoisotopic (exact) mass is 1070 g/mol. The lowest BCUT2D eigenvalue weighted by molar-refractivity contribution is -0.144. The van der Waals surface area contributed by atoms with Crippen molar-refractivity contribution >= 4 is 65.1 Å². The number of aliphatic carboxylic acids is 2. The zero-order valence-corrected chi connectivity index (χ0v) is 42.0. The van der Waals surface area contributed by atoms with Crippen LogP contribution >= 0.6 is 0 Å². The largest absolute Gasteiger partial charge is 0.508 e. The molecule has 1 fully saturated rings. The molecule has 29 nitrogen and oxygen atoms in total. The van der Waals surface area contributed by atoms with E-state index in [2.05, 4.69) is 37.2 Å². The number of carbonyl (C=O) groups excluding carboxylic acids is 9. The number of nitrogens with one attached hydrogen (secondary N) is 8. The van der Waals surface area contributed by atoms with Gasteiger partial charge in [-0.1, -0.05) is 39.8 Å². The van der Waals surface area contributed by atoms with Gasteiger partial charge in [-0.3, -0.25) is 47.9 Å². The number of benzene rings is 1. The number of aromatic hydroxyl groups is 1. The van der Waals surface area contributed by atoms with E-state index in [1.165, 1.54) is 24.3 Å². The SMILES string of the molecule is CC(C)C[C@H](NC(=O)[C@H](CC(C)C)NC(=O)[C@H](CO)NC(=O)[C@@H]1CCCN1C(=O)[C@H](CO)NC(=O)[C@H](Cc1ccc(O)cc1)NC(=O)[C@H](CO)NC(=O)[C@@H](N)CO)C(=O)N[C@@H](CCC(=O)O)C(=O)N[C@@H](CO)C(=O)O.